The van der Waals surface area contributed by atoms with Gasteiger partial charge < -0.3 is 24.8 Å². The highest BCUT2D eigenvalue weighted by Crippen LogP contribution is 2.78. The van der Waals surface area contributed by atoms with Crippen LogP contribution in [0.2, 0.25) is 0 Å². The van der Waals surface area contributed by atoms with Crippen molar-refractivity contribution in [3.63, 3.8) is 0 Å². The van der Waals surface area contributed by atoms with Crippen LogP contribution >= 0.6 is 0 Å². The number of likely N-dealkylation sites (tertiary alicyclic amines) is 1. The van der Waals surface area contributed by atoms with Crippen LogP contribution in [-0.4, -0.2) is 84.1 Å². The van der Waals surface area contributed by atoms with Crippen molar-refractivity contribution in [3.8, 4) is 0 Å². The van der Waals surface area contributed by atoms with Crippen molar-refractivity contribution in [3.05, 3.63) is 0 Å². The first-order valence-electron chi connectivity index (χ1n) is 11.7. The monoisotopic (exact) mass is 407 g/mol. The summed E-state index contributed by atoms with van der Waals surface area (Å²) in [6.45, 7) is 4.88. The van der Waals surface area contributed by atoms with Crippen molar-refractivity contribution in [1.29, 1.82) is 0 Å². The average Bonchev–Trinajstić information content (AvgIpc) is 3.13. The summed E-state index contributed by atoms with van der Waals surface area (Å²) in [6, 6.07) is 0.200. The highest BCUT2D eigenvalue weighted by Gasteiger charge is 2.83. The fourth-order valence-electron chi connectivity index (χ4n) is 10.4. The standard InChI is InChI=1S/C23H37NO5/c1-4-24-10-21(11-28-2)6-5-17(25)23-13-7-12-15(29-3)9-22(27,18(13)19(12)26)14(20(23)24)8-16(21)23/h12-20,25-27H,4-11H2,1-3H3/t12-,13-,14+,15+,16-,17-,18-,19+,20-,21+,22+,23-/m1/s1. The van der Waals surface area contributed by atoms with Gasteiger partial charge in [-0.1, -0.05) is 6.92 Å². The van der Waals surface area contributed by atoms with E-state index in [2.05, 4.69) is 11.8 Å². The fraction of sp³-hybridized carbons (Fsp3) is 1.00. The van der Waals surface area contributed by atoms with Crippen LogP contribution in [0.5, 0.6) is 0 Å². The Labute approximate surface area is 173 Å². The average molecular weight is 408 g/mol. The number of ether oxygens (including phenoxy) is 2. The summed E-state index contributed by atoms with van der Waals surface area (Å²) in [5.41, 5.74) is -1.08. The maximum absolute atomic E-state index is 12.2. The molecular weight excluding hydrogens is 370 g/mol. The van der Waals surface area contributed by atoms with E-state index in [0.29, 0.717) is 12.3 Å². The van der Waals surface area contributed by atoms with E-state index in [1.807, 2.05) is 0 Å². The van der Waals surface area contributed by atoms with Gasteiger partial charge in [0.05, 0.1) is 30.5 Å². The topological polar surface area (TPSA) is 82.4 Å². The molecule has 0 radical (unpaired) electrons. The van der Waals surface area contributed by atoms with E-state index < -0.39 is 11.7 Å². The Hall–Kier alpha value is -0.240. The van der Waals surface area contributed by atoms with Crippen LogP contribution in [0.3, 0.4) is 0 Å². The second kappa shape index (κ2) is 5.96. The van der Waals surface area contributed by atoms with E-state index in [0.717, 1.165) is 45.4 Å². The van der Waals surface area contributed by atoms with Gasteiger partial charge in [-0.2, -0.15) is 0 Å². The lowest BCUT2D eigenvalue weighted by atomic mass is 9.43. The Kier molecular flexibility index (Phi) is 4.00. The van der Waals surface area contributed by atoms with Crippen molar-refractivity contribution < 1.29 is 24.8 Å². The molecule has 0 aromatic rings. The number of rotatable bonds is 4. The first-order chi connectivity index (χ1) is 13.9. The van der Waals surface area contributed by atoms with Crippen molar-refractivity contribution in [2.24, 2.45) is 40.4 Å². The molecule has 5 aliphatic carbocycles. The van der Waals surface area contributed by atoms with Crippen LogP contribution in [0.15, 0.2) is 0 Å². The molecule has 6 fully saturated rings. The molecule has 6 aliphatic rings. The van der Waals surface area contributed by atoms with Crippen LogP contribution in [-0.2, 0) is 9.47 Å². The summed E-state index contributed by atoms with van der Waals surface area (Å²) in [7, 11) is 3.52. The minimum atomic E-state index is -0.901. The normalized spacial score (nSPS) is 62.5. The number of hydrogen-bond donors (Lipinski definition) is 3. The highest BCUT2D eigenvalue weighted by atomic mass is 16.5. The van der Waals surface area contributed by atoms with E-state index >= 15 is 0 Å². The highest BCUT2D eigenvalue weighted by molar-refractivity contribution is 5.33. The maximum atomic E-state index is 12.2. The molecule has 164 valence electrons. The Morgan fingerprint density at radius 1 is 1.14 bits per heavy atom. The van der Waals surface area contributed by atoms with Crippen molar-refractivity contribution in [2.75, 3.05) is 33.9 Å². The SMILES string of the molecule is CCN1C[C@]2(COC)CC[C@@H](O)[C@@]34[C@@H]5C[C@H]6[C@H](O)[C@@H]5[C@](O)(C[C@@H]6OC)[C@@H](C[C@H]23)[C@@H]14. The number of methoxy groups -OCH3 is 2. The van der Waals surface area contributed by atoms with Crippen LogP contribution in [0.4, 0.5) is 0 Å². The fourth-order valence-corrected chi connectivity index (χ4v) is 10.4. The molecule has 12 atom stereocenters. The zero-order chi connectivity index (χ0) is 20.3. The molecule has 5 saturated carbocycles. The third-order valence-electron chi connectivity index (χ3n) is 10.9. The molecular formula is C23H37NO5. The summed E-state index contributed by atoms with van der Waals surface area (Å²) >= 11 is 0. The zero-order valence-corrected chi connectivity index (χ0v) is 18.0. The zero-order valence-electron chi connectivity index (χ0n) is 18.0. The molecule has 6 rings (SSSR count). The van der Waals surface area contributed by atoms with Gasteiger partial charge in [0.2, 0.25) is 0 Å². The second-order valence-electron chi connectivity index (χ2n) is 11.2. The van der Waals surface area contributed by atoms with Gasteiger partial charge >= 0.3 is 0 Å². The van der Waals surface area contributed by atoms with Gasteiger partial charge in [-0.25, -0.2) is 0 Å². The predicted octanol–water partition coefficient (Wildman–Crippen LogP) is 0.877. The number of hydrogen-bond acceptors (Lipinski definition) is 6. The summed E-state index contributed by atoms with van der Waals surface area (Å²) < 4.78 is 11.6. The summed E-state index contributed by atoms with van der Waals surface area (Å²) in [6.07, 6.45) is 3.27. The molecule has 1 aliphatic heterocycles. The first-order valence-corrected chi connectivity index (χ1v) is 11.7. The van der Waals surface area contributed by atoms with Crippen molar-refractivity contribution in [2.45, 2.75) is 69.0 Å². The van der Waals surface area contributed by atoms with Gasteiger partial charge in [0.25, 0.3) is 0 Å². The summed E-state index contributed by atoms with van der Waals surface area (Å²) in [5.74, 6) is 0.553. The van der Waals surface area contributed by atoms with Gasteiger partial charge in [-0.15, -0.1) is 0 Å². The van der Waals surface area contributed by atoms with Crippen LogP contribution in [0.1, 0.15) is 39.0 Å². The quantitative estimate of drug-likeness (QED) is 0.642. The third kappa shape index (κ3) is 1.93. The Balaban J connectivity index is 1.57. The molecule has 1 saturated heterocycles. The van der Waals surface area contributed by atoms with Gasteiger partial charge in [-0.3, -0.25) is 4.90 Å². The third-order valence-corrected chi connectivity index (χ3v) is 10.9. The van der Waals surface area contributed by atoms with Crippen molar-refractivity contribution in [1.82, 2.24) is 4.90 Å². The first kappa shape index (κ1) is 19.4. The Morgan fingerprint density at radius 2 is 1.93 bits per heavy atom. The van der Waals surface area contributed by atoms with E-state index in [-0.39, 0.29) is 52.8 Å². The lowest BCUT2D eigenvalue weighted by Gasteiger charge is -2.69. The lowest BCUT2D eigenvalue weighted by molar-refractivity contribution is -0.272. The molecule has 6 nitrogen and oxygen atoms in total. The molecule has 1 spiro atoms. The largest absolute Gasteiger partial charge is 0.392 e. The maximum Gasteiger partial charge on any atom is 0.0771 e. The van der Waals surface area contributed by atoms with Crippen LogP contribution < -0.4 is 0 Å². The molecule has 0 aromatic heterocycles. The number of aliphatic hydroxyl groups is 3. The van der Waals surface area contributed by atoms with E-state index in [1.54, 1.807) is 14.2 Å². The molecule has 3 N–H and O–H groups in total. The van der Waals surface area contributed by atoms with E-state index in [1.165, 1.54) is 0 Å². The summed E-state index contributed by atoms with van der Waals surface area (Å²) in [4.78, 5) is 2.57. The summed E-state index contributed by atoms with van der Waals surface area (Å²) in [5, 5.41) is 35.2. The predicted molar refractivity (Wildman–Crippen MR) is 106 cm³/mol. The van der Waals surface area contributed by atoms with Crippen LogP contribution in [0.25, 0.3) is 0 Å². The molecule has 7 bridgehead atoms. The number of piperidine rings is 1. The molecule has 6 heteroatoms. The smallest absolute Gasteiger partial charge is 0.0771 e. The number of nitrogens with zero attached hydrogens (tertiary/aromatic N) is 1. The van der Waals surface area contributed by atoms with Crippen LogP contribution in [0, 0.1) is 40.4 Å². The van der Waals surface area contributed by atoms with E-state index in [4.69, 9.17) is 9.47 Å². The Morgan fingerprint density at radius 3 is 2.62 bits per heavy atom. The minimum Gasteiger partial charge on any atom is -0.392 e. The second-order valence-corrected chi connectivity index (χ2v) is 11.2. The molecule has 0 amide bonds. The number of fused-ring (bicyclic) bond motifs is 2. The van der Waals surface area contributed by atoms with E-state index in [9.17, 15) is 15.3 Å². The molecule has 1 heterocycles. The minimum absolute atomic E-state index is 0.0495. The van der Waals surface area contributed by atoms with Crippen molar-refractivity contribution >= 4 is 0 Å². The molecule has 29 heavy (non-hydrogen) atoms. The van der Waals surface area contributed by atoms with Gasteiger partial charge in [-0.05, 0) is 44.1 Å². The Bertz CT molecular complexity index is 705. The number of aliphatic hydroxyl groups excluding tert-OH is 2. The van der Waals surface area contributed by atoms with Gasteiger partial charge in [0.1, 0.15) is 0 Å². The van der Waals surface area contributed by atoms with Gasteiger partial charge in [0, 0.05) is 61.8 Å². The molecule has 0 aromatic carbocycles. The lowest BCUT2D eigenvalue weighted by Crippen LogP contribution is -2.76. The molecule has 0 unspecified atom stereocenters. The van der Waals surface area contributed by atoms with Gasteiger partial charge in [0.15, 0.2) is 0 Å².